The summed E-state index contributed by atoms with van der Waals surface area (Å²) in [6, 6.07) is -0.658. The van der Waals surface area contributed by atoms with Gasteiger partial charge in [-0.25, -0.2) is 4.79 Å². The Labute approximate surface area is 94.8 Å². The van der Waals surface area contributed by atoms with Crippen molar-refractivity contribution in [1.29, 1.82) is 0 Å². The normalized spacial score (nSPS) is 15.3. The molecular formula is C10H20N2O4. The molecule has 0 radical (unpaired) electrons. The van der Waals surface area contributed by atoms with Gasteiger partial charge in [-0.3, -0.25) is 4.79 Å². The molecule has 5 N–H and O–H groups in total. The van der Waals surface area contributed by atoms with E-state index in [0.29, 0.717) is 0 Å². The van der Waals surface area contributed by atoms with Crippen molar-refractivity contribution in [3.8, 4) is 0 Å². The number of hydrogen-bond acceptors (Lipinski definition) is 4. The highest BCUT2D eigenvalue weighted by atomic mass is 16.4. The van der Waals surface area contributed by atoms with Gasteiger partial charge in [0.05, 0.1) is 6.04 Å². The fraction of sp³-hybridized carbons (Fsp3) is 0.800. The van der Waals surface area contributed by atoms with Crippen molar-refractivity contribution in [3.63, 3.8) is 0 Å². The first-order chi connectivity index (χ1) is 7.16. The molecule has 0 aromatic heterocycles. The molecule has 0 aliphatic heterocycles. The molecule has 6 heteroatoms. The molecule has 0 spiro atoms. The number of nitrogens with one attached hydrogen (secondary N) is 1. The van der Waals surface area contributed by atoms with Crippen LogP contribution in [0.2, 0.25) is 0 Å². The summed E-state index contributed by atoms with van der Waals surface area (Å²) < 4.78 is 0. The molecule has 1 amide bonds. The van der Waals surface area contributed by atoms with Gasteiger partial charge in [-0.1, -0.05) is 20.8 Å². The zero-order valence-electron chi connectivity index (χ0n) is 9.86. The van der Waals surface area contributed by atoms with Crippen LogP contribution in [0.5, 0.6) is 0 Å². The molecule has 0 bridgehead atoms. The highest BCUT2D eigenvalue weighted by molar-refractivity contribution is 5.82. The number of aliphatic carboxylic acids is 1. The molecule has 94 valence electrons. The minimum atomic E-state index is -1.45. The molecule has 0 rings (SSSR count). The fourth-order valence-corrected chi connectivity index (χ4v) is 0.959. The second-order valence-electron chi connectivity index (χ2n) is 4.78. The van der Waals surface area contributed by atoms with E-state index >= 15 is 0 Å². The Morgan fingerprint density at radius 3 is 2.25 bits per heavy atom. The molecule has 16 heavy (non-hydrogen) atoms. The van der Waals surface area contributed by atoms with Gasteiger partial charge in [-0.2, -0.15) is 0 Å². The summed E-state index contributed by atoms with van der Waals surface area (Å²) in [5.41, 5.74) is 5.33. The highest BCUT2D eigenvalue weighted by Gasteiger charge is 2.27. The first kappa shape index (κ1) is 14.9. The number of rotatable bonds is 5. The van der Waals surface area contributed by atoms with Crippen LogP contribution in [0, 0.1) is 5.41 Å². The van der Waals surface area contributed by atoms with Gasteiger partial charge in [0, 0.05) is 13.0 Å². The number of carbonyl (C=O) groups excluding carboxylic acids is 1. The predicted molar refractivity (Wildman–Crippen MR) is 58.7 cm³/mol. The summed E-state index contributed by atoms with van der Waals surface area (Å²) >= 11 is 0. The average molecular weight is 232 g/mol. The van der Waals surface area contributed by atoms with Crippen molar-refractivity contribution in [2.24, 2.45) is 11.1 Å². The van der Waals surface area contributed by atoms with Crippen molar-refractivity contribution in [2.75, 3.05) is 6.54 Å². The lowest BCUT2D eigenvalue weighted by Gasteiger charge is -2.25. The van der Waals surface area contributed by atoms with E-state index in [4.69, 9.17) is 15.9 Å². The maximum Gasteiger partial charge on any atom is 0.332 e. The summed E-state index contributed by atoms with van der Waals surface area (Å²) in [6.45, 7) is 5.60. The van der Waals surface area contributed by atoms with E-state index in [1.54, 1.807) is 0 Å². The Hall–Kier alpha value is -1.14. The van der Waals surface area contributed by atoms with E-state index < -0.39 is 18.1 Å². The first-order valence-corrected chi connectivity index (χ1v) is 5.10. The summed E-state index contributed by atoms with van der Waals surface area (Å²) in [6.07, 6.45) is -1.48. The van der Waals surface area contributed by atoms with Gasteiger partial charge in [0.2, 0.25) is 5.91 Å². The Bertz CT molecular complexity index is 260. The van der Waals surface area contributed by atoms with Crippen LogP contribution in [0.25, 0.3) is 0 Å². The molecule has 0 fully saturated rings. The molecule has 0 heterocycles. The van der Waals surface area contributed by atoms with Crippen LogP contribution < -0.4 is 11.1 Å². The maximum atomic E-state index is 11.5. The van der Waals surface area contributed by atoms with E-state index in [1.165, 1.54) is 0 Å². The molecule has 0 saturated heterocycles. The molecule has 1 unspecified atom stereocenters. The lowest BCUT2D eigenvalue weighted by Crippen LogP contribution is -2.49. The fourth-order valence-electron chi connectivity index (χ4n) is 0.959. The minimum absolute atomic E-state index is 0.0298. The largest absolute Gasteiger partial charge is 0.479 e. The van der Waals surface area contributed by atoms with Crippen LogP contribution >= 0.6 is 0 Å². The van der Waals surface area contributed by atoms with Crippen molar-refractivity contribution in [3.05, 3.63) is 0 Å². The zero-order chi connectivity index (χ0) is 12.9. The van der Waals surface area contributed by atoms with E-state index in [1.807, 2.05) is 20.8 Å². The molecule has 6 nitrogen and oxygen atoms in total. The monoisotopic (exact) mass is 232 g/mol. The number of carboxylic acids is 1. The lowest BCUT2D eigenvalue weighted by atomic mass is 9.87. The van der Waals surface area contributed by atoms with Gasteiger partial charge in [0.15, 0.2) is 6.10 Å². The molecule has 0 aliphatic carbocycles. The smallest absolute Gasteiger partial charge is 0.332 e. The second-order valence-corrected chi connectivity index (χ2v) is 4.78. The van der Waals surface area contributed by atoms with Crippen LogP contribution in [0.4, 0.5) is 0 Å². The van der Waals surface area contributed by atoms with Crippen molar-refractivity contribution in [1.82, 2.24) is 5.32 Å². The summed E-state index contributed by atoms with van der Waals surface area (Å²) in [4.78, 5) is 21.8. The van der Waals surface area contributed by atoms with Gasteiger partial charge in [0.1, 0.15) is 0 Å². The predicted octanol–water partition coefficient (Wildman–Crippen LogP) is -0.688. The molecule has 0 aliphatic rings. The number of amides is 1. The van der Waals surface area contributed by atoms with E-state index in [2.05, 4.69) is 5.32 Å². The first-order valence-electron chi connectivity index (χ1n) is 5.10. The third kappa shape index (κ3) is 5.09. The van der Waals surface area contributed by atoms with Crippen molar-refractivity contribution in [2.45, 2.75) is 39.3 Å². The van der Waals surface area contributed by atoms with Crippen LogP contribution in [-0.2, 0) is 9.59 Å². The zero-order valence-corrected chi connectivity index (χ0v) is 9.86. The third-order valence-electron chi connectivity index (χ3n) is 2.22. The Balaban J connectivity index is 3.96. The van der Waals surface area contributed by atoms with E-state index in [0.717, 1.165) is 0 Å². The molecule has 0 aromatic carbocycles. The quantitative estimate of drug-likeness (QED) is 0.501. The van der Waals surface area contributed by atoms with Gasteiger partial charge in [0.25, 0.3) is 0 Å². The Kier molecular flexibility index (Phi) is 5.40. The number of hydrogen-bond donors (Lipinski definition) is 4. The number of aliphatic hydroxyl groups excluding tert-OH is 1. The lowest BCUT2D eigenvalue weighted by molar-refractivity contribution is -0.147. The van der Waals surface area contributed by atoms with Crippen molar-refractivity contribution < 1.29 is 19.8 Å². The maximum absolute atomic E-state index is 11.5. The molecule has 2 atom stereocenters. The third-order valence-corrected chi connectivity index (χ3v) is 2.22. The van der Waals surface area contributed by atoms with E-state index in [-0.39, 0.29) is 24.3 Å². The number of aliphatic hydroxyl groups is 1. The summed E-state index contributed by atoms with van der Waals surface area (Å²) in [7, 11) is 0. The van der Waals surface area contributed by atoms with Crippen LogP contribution in [0.15, 0.2) is 0 Å². The minimum Gasteiger partial charge on any atom is -0.479 e. The summed E-state index contributed by atoms with van der Waals surface area (Å²) in [5.74, 6) is -1.64. The number of carboxylic acid groups (broad SMARTS) is 1. The number of nitrogens with two attached hydrogens (primary N) is 1. The topological polar surface area (TPSA) is 113 Å². The standard InChI is InChI=1S/C10H20N2O4/c1-10(2,3)7(11)8(14)12-5-4-6(13)9(15)16/h6-7,13H,4-5,11H2,1-3H3,(H,12,14)(H,15,16)/t6?,7-/m1/s1. The number of carbonyl (C=O) groups is 2. The Morgan fingerprint density at radius 1 is 1.38 bits per heavy atom. The molecule has 0 saturated carbocycles. The average Bonchev–Trinajstić information content (AvgIpc) is 2.14. The van der Waals surface area contributed by atoms with Gasteiger partial charge in [-0.05, 0) is 5.41 Å². The molecule has 0 aromatic rings. The van der Waals surface area contributed by atoms with Crippen molar-refractivity contribution >= 4 is 11.9 Å². The van der Waals surface area contributed by atoms with Crippen LogP contribution in [-0.4, -0.2) is 40.8 Å². The SMILES string of the molecule is CC(C)(C)[C@H](N)C(=O)NCCC(O)C(=O)O. The van der Waals surface area contributed by atoms with Crippen LogP contribution in [0.1, 0.15) is 27.2 Å². The van der Waals surface area contributed by atoms with Gasteiger partial charge in [-0.15, -0.1) is 0 Å². The molecular weight excluding hydrogens is 212 g/mol. The van der Waals surface area contributed by atoms with E-state index in [9.17, 15) is 9.59 Å². The highest BCUT2D eigenvalue weighted by Crippen LogP contribution is 2.16. The Morgan fingerprint density at radius 2 is 1.88 bits per heavy atom. The van der Waals surface area contributed by atoms with Crippen LogP contribution in [0.3, 0.4) is 0 Å². The van der Waals surface area contributed by atoms with Gasteiger partial charge >= 0.3 is 5.97 Å². The van der Waals surface area contributed by atoms with Gasteiger partial charge < -0.3 is 21.3 Å². The second kappa shape index (κ2) is 5.81. The summed E-state index contributed by atoms with van der Waals surface area (Å²) in [5, 5.41) is 19.8.